The number of hydrazine groups is 1. The van der Waals surface area contributed by atoms with Crippen LogP contribution in [0.4, 0.5) is 10.1 Å². The van der Waals surface area contributed by atoms with Crippen molar-refractivity contribution in [1.29, 1.82) is 0 Å². The summed E-state index contributed by atoms with van der Waals surface area (Å²) in [4.78, 5) is 23.5. The fraction of sp³-hybridized carbons (Fsp3) is 0.125. The minimum absolute atomic E-state index is 0.0918. The molecule has 0 fully saturated rings. The Labute approximate surface area is 142 Å². The van der Waals surface area contributed by atoms with Crippen LogP contribution in [0.2, 0.25) is 5.02 Å². The molecule has 0 bridgehead atoms. The van der Waals surface area contributed by atoms with Gasteiger partial charge in [-0.3, -0.25) is 20.4 Å². The lowest BCUT2D eigenvalue weighted by Crippen LogP contribution is -2.44. The predicted molar refractivity (Wildman–Crippen MR) is 88.5 cm³/mol. The van der Waals surface area contributed by atoms with Crippen LogP contribution in [0.1, 0.15) is 10.4 Å². The van der Waals surface area contributed by atoms with Crippen LogP contribution in [0.25, 0.3) is 0 Å². The maximum Gasteiger partial charge on any atom is 0.272 e. The smallest absolute Gasteiger partial charge is 0.272 e. The molecule has 0 saturated carbocycles. The third-order valence-electron chi connectivity index (χ3n) is 3.01. The number of hydrogen-bond donors (Lipinski definition) is 3. The number of methoxy groups -OCH3 is 1. The number of amides is 2. The quantitative estimate of drug-likeness (QED) is 0.722. The summed E-state index contributed by atoms with van der Waals surface area (Å²) in [5, 5.41) is 3.08. The Morgan fingerprint density at radius 2 is 1.96 bits per heavy atom. The molecule has 0 atom stereocenters. The normalized spacial score (nSPS) is 9.96. The van der Waals surface area contributed by atoms with Gasteiger partial charge in [-0.1, -0.05) is 17.7 Å². The summed E-state index contributed by atoms with van der Waals surface area (Å²) >= 11 is 5.71. The molecule has 0 saturated heterocycles. The van der Waals surface area contributed by atoms with Gasteiger partial charge >= 0.3 is 0 Å². The zero-order chi connectivity index (χ0) is 17.5. The molecule has 2 aromatic carbocycles. The van der Waals surface area contributed by atoms with Crippen LogP contribution in [0.15, 0.2) is 42.5 Å². The number of carbonyl (C=O) groups is 2. The average molecular weight is 352 g/mol. The molecule has 0 aliphatic carbocycles. The zero-order valence-electron chi connectivity index (χ0n) is 12.7. The lowest BCUT2D eigenvalue weighted by atomic mass is 10.2. The maximum atomic E-state index is 13.5. The van der Waals surface area contributed by atoms with Crippen LogP contribution < -0.4 is 20.9 Å². The van der Waals surface area contributed by atoms with Crippen LogP contribution in [-0.4, -0.2) is 25.5 Å². The van der Waals surface area contributed by atoms with Gasteiger partial charge in [0.2, 0.25) is 0 Å². The van der Waals surface area contributed by atoms with E-state index in [2.05, 4.69) is 16.2 Å². The van der Waals surface area contributed by atoms with Crippen molar-refractivity contribution in [3.05, 3.63) is 58.9 Å². The van der Waals surface area contributed by atoms with Gasteiger partial charge in [0.1, 0.15) is 11.6 Å². The van der Waals surface area contributed by atoms with Crippen LogP contribution >= 0.6 is 11.6 Å². The third kappa shape index (κ3) is 4.85. The fourth-order valence-corrected chi connectivity index (χ4v) is 2.00. The van der Waals surface area contributed by atoms with Gasteiger partial charge in [-0.05, 0) is 30.3 Å². The highest BCUT2D eigenvalue weighted by molar-refractivity contribution is 6.31. The molecular weight excluding hydrogens is 337 g/mol. The van der Waals surface area contributed by atoms with E-state index in [0.717, 1.165) is 6.07 Å². The van der Waals surface area contributed by atoms with E-state index in [4.69, 9.17) is 16.3 Å². The summed E-state index contributed by atoms with van der Waals surface area (Å²) < 4.78 is 18.6. The van der Waals surface area contributed by atoms with E-state index in [-0.39, 0.29) is 17.1 Å². The zero-order valence-corrected chi connectivity index (χ0v) is 13.5. The molecule has 2 aromatic rings. The van der Waals surface area contributed by atoms with Crippen LogP contribution in [-0.2, 0) is 4.79 Å². The number of rotatable bonds is 5. The maximum absolute atomic E-state index is 13.5. The highest BCUT2D eigenvalue weighted by Crippen LogP contribution is 2.16. The summed E-state index contributed by atoms with van der Waals surface area (Å²) in [5.41, 5.74) is 4.73. The van der Waals surface area contributed by atoms with E-state index < -0.39 is 17.6 Å². The molecule has 0 aromatic heterocycles. The number of carbonyl (C=O) groups excluding carboxylic acids is 2. The topological polar surface area (TPSA) is 79.5 Å². The second-order valence-corrected chi connectivity index (χ2v) is 5.15. The summed E-state index contributed by atoms with van der Waals surface area (Å²) in [6.07, 6.45) is 0. The van der Waals surface area contributed by atoms with Gasteiger partial charge in [-0.2, -0.15) is 0 Å². The first-order valence-electron chi connectivity index (χ1n) is 6.92. The number of benzene rings is 2. The molecule has 0 heterocycles. The molecule has 0 unspecified atom stereocenters. The van der Waals surface area contributed by atoms with Crippen LogP contribution in [0, 0.1) is 5.82 Å². The van der Waals surface area contributed by atoms with Crippen molar-refractivity contribution in [3.63, 3.8) is 0 Å². The third-order valence-corrected chi connectivity index (χ3v) is 3.25. The van der Waals surface area contributed by atoms with Crippen LogP contribution in [0.3, 0.4) is 0 Å². The molecule has 24 heavy (non-hydrogen) atoms. The second kappa shape index (κ2) is 8.16. The molecule has 0 aliphatic rings. The van der Waals surface area contributed by atoms with Gasteiger partial charge in [0, 0.05) is 16.8 Å². The molecule has 8 heteroatoms. The largest absolute Gasteiger partial charge is 0.497 e. The van der Waals surface area contributed by atoms with Gasteiger partial charge < -0.3 is 10.1 Å². The predicted octanol–water partition coefficient (Wildman–Crippen LogP) is 2.36. The van der Waals surface area contributed by atoms with Crippen LogP contribution in [0.5, 0.6) is 5.75 Å². The Hall–Kier alpha value is -2.80. The molecule has 2 amide bonds. The monoisotopic (exact) mass is 351 g/mol. The first kappa shape index (κ1) is 17.6. The van der Waals surface area contributed by atoms with E-state index in [9.17, 15) is 14.0 Å². The standard InChI is InChI=1S/C16H15ClFN3O3/c1-24-12-4-2-3-11(8-12)19-9-15(22)20-21-16(23)13-7-10(17)5-6-14(13)18/h2-8,19H,9H2,1H3,(H,20,22)(H,21,23). The number of hydrogen-bond acceptors (Lipinski definition) is 4. The molecule has 6 nitrogen and oxygen atoms in total. The Balaban J connectivity index is 1.84. The SMILES string of the molecule is COc1cccc(NCC(=O)NNC(=O)c2cc(Cl)ccc2F)c1. The highest BCUT2D eigenvalue weighted by atomic mass is 35.5. The van der Waals surface area contributed by atoms with Crippen molar-refractivity contribution in [2.75, 3.05) is 19.0 Å². The van der Waals surface area contributed by atoms with Gasteiger partial charge in [-0.15, -0.1) is 0 Å². The van der Waals surface area contributed by atoms with Gasteiger partial charge in [0.15, 0.2) is 0 Å². The fourth-order valence-electron chi connectivity index (χ4n) is 1.82. The van der Waals surface area contributed by atoms with Crippen molar-refractivity contribution in [3.8, 4) is 5.75 Å². The van der Waals surface area contributed by atoms with Crippen molar-refractivity contribution in [1.82, 2.24) is 10.9 Å². The minimum Gasteiger partial charge on any atom is -0.497 e. The first-order valence-corrected chi connectivity index (χ1v) is 7.29. The number of anilines is 1. The summed E-state index contributed by atoms with van der Waals surface area (Å²) in [6, 6.07) is 10.6. The number of halogens is 2. The van der Waals surface area contributed by atoms with E-state index in [0.29, 0.717) is 11.4 Å². The number of nitrogens with one attached hydrogen (secondary N) is 3. The van der Waals surface area contributed by atoms with E-state index in [1.807, 2.05) is 0 Å². The van der Waals surface area contributed by atoms with Crippen molar-refractivity contribution < 1.29 is 18.7 Å². The summed E-state index contributed by atoms with van der Waals surface area (Å²) in [6.45, 7) is -0.0918. The summed E-state index contributed by atoms with van der Waals surface area (Å²) in [5.74, 6) is -1.40. The highest BCUT2D eigenvalue weighted by Gasteiger charge is 2.13. The molecule has 126 valence electrons. The van der Waals surface area contributed by atoms with Gasteiger partial charge in [-0.25, -0.2) is 4.39 Å². The van der Waals surface area contributed by atoms with Crippen molar-refractivity contribution in [2.24, 2.45) is 0 Å². The van der Waals surface area contributed by atoms with E-state index in [1.54, 1.807) is 24.3 Å². The Bertz CT molecular complexity index is 755. The first-order chi connectivity index (χ1) is 11.5. The van der Waals surface area contributed by atoms with Crippen molar-refractivity contribution in [2.45, 2.75) is 0 Å². The Morgan fingerprint density at radius 3 is 2.71 bits per heavy atom. The molecular formula is C16H15ClFN3O3. The Morgan fingerprint density at radius 1 is 1.17 bits per heavy atom. The molecule has 3 N–H and O–H groups in total. The molecule has 2 rings (SSSR count). The average Bonchev–Trinajstić information content (AvgIpc) is 2.60. The van der Waals surface area contributed by atoms with Crippen molar-refractivity contribution >= 4 is 29.1 Å². The minimum atomic E-state index is -0.801. The van der Waals surface area contributed by atoms with E-state index >= 15 is 0 Å². The Kier molecular flexibility index (Phi) is 5.97. The summed E-state index contributed by atoms with van der Waals surface area (Å²) in [7, 11) is 1.54. The molecule has 0 spiro atoms. The lowest BCUT2D eigenvalue weighted by molar-refractivity contribution is -0.120. The number of ether oxygens (including phenoxy) is 1. The lowest BCUT2D eigenvalue weighted by Gasteiger charge is -2.10. The van der Waals surface area contributed by atoms with E-state index in [1.165, 1.54) is 19.2 Å². The molecule has 0 radical (unpaired) electrons. The van der Waals surface area contributed by atoms with Gasteiger partial charge in [0.05, 0.1) is 19.2 Å². The molecule has 0 aliphatic heterocycles. The second-order valence-electron chi connectivity index (χ2n) is 4.71. The van der Waals surface area contributed by atoms with Gasteiger partial charge in [0.25, 0.3) is 11.8 Å².